The van der Waals surface area contributed by atoms with Crippen molar-refractivity contribution in [3.8, 4) is 17.1 Å². The number of benzene rings is 2. The number of nitrogens with one attached hydrogen (secondary N) is 2. The lowest BCUT2D eigenvalue weighted by molar-refractivity contribution is 0.415. The Morgan fingerprint density at radius 3 is 2.54 bits per heavy atom. The Morgan fingerprint density at radius 1 is 0.805 bits per heavy atom. The SMILES string of the molecule is Nc1nc(Nc2ccc3c(c2)CC[C@@H](NCCC2CCCC2)CC3)nn1-c1cc2c(nn1)-c1ccccc1CCC2. The van der Waals surface area contributed by atoms with E-state index in [4.69, 9.17) is 5.73 Å². The summed E-state index contributed by atoms with van der Waals surface area (Å²) in [5.74, 6) is 2.29. The molecule has 1 atom stereocenters. The molecule has 2 heterocycles. The molecule has 1 fully saturated rings. The van der Waals surface area contributed by atoms with Gasteiger partial charge in [-0.2, -0.15) is 9.67 Å². The summed E-state index contributed by atoms with van der Waals surface area (Å²) in [5, 5.41) is 21.0. The van der Waals surface area contributed by atoms with Gasteiger partial charge in [0.2, 0.25) is 11.9 Å². The number of hydrogen-bond acceptors (Lipinski definition) is 7. The first-order valence-corrected chi connectivity index (χ1v) is 15.5. The molecule has 2 aromatic carbocycles. The molecule has 41 heavy (non-hydrogen) atoms. The van der Waals surface area contributed by atoms with Crippen molar-refractivity contribution >= 4 is 17.6 Å². The van der Waals surface area contributed by atoms with Crippen molar-refractivity contribution in [1.29, 1.82) is 0 Å². The van der Waals surface area contributed by atoms with Gasteiger partial charge in [0.1, 0.15) is 0 Å². The third-order valence-electron chi connectivity index (χ3n) is 9.32. The van der Waals surface area contributed by atoms with Gasteiger partial charge >= 0.3 is 0 Å². The highest BCUT2D eigenvalue weighted by Gasteiger charge is 2.21. The fourth-order valence-electron chi connectivity index (χ4n) is 7.03. The highest BCUT2D eigenvalue weighted by Crippen LogP contribution is 2.32. The summed E-state index contributed by atoms with van der Waals surface area (Å²) in [6.45, 7) is 1.16. The van der Waals surface area contributed by atoms with Crippen LogP contribution in [-0.2, 0) is 25.7 Å². The molecule has 3 aliphatic carbocycles. The van der Waals surface area contributed by atoms with Crippen LogP contribution in [0.15, 0.2) is 48.5 Å². The summed E-state index contributed by atoms with van der Waals surface area (Å²) in [4.78, 5) is 4.50. The van der Waals surface area contributed by atoms with Crippen LogP contribution >= 0.6 is 0 Å². The van der Waals surface area contributed by atoms with E-state index < -0.39 is 0 Å². The molecule has 0 spiro atoms. The standard InChI is InChI=1S/C33H40N8/c34-32-37-33(40-41(32)30-21-26-10-5-9-24-8-3-4-11-29(24)31(26)39-38-30)36-28-17-13-23-12-15-27(16-14-25(23)20-28)35-19-18-22-6-1-2-7-22/h3-4,8,11,13,17,20-22,27,35H,1-2,5-7,9-10,12,14-16,18-19H2,(H3,34,36,37,40)/t27-/m0/s1. The lowest BCUT2D eigenvalue weighted by Gasteiger charge is -2.17. The Bertz CT molecular complexity index is 1520. The molecule has 4 N–H and O–H groups in total. The maximum Gasteiger partial charge on any atom is 0.248 e. The first-order chi connectivity index (χ1) is 20.2. The fourth-order valence-corrected chi connectivity index (χ4v) is 7.03. The zero-order chi connectivity index (χ0) is 27.6. The molecule has 0 unspecified atom stereocenters. The number of fused-ring (bicyclic) bond motifs is 4. The molecule has 2 aromatic heterocycles. The first kappa shape index (κ1) is 26.1. The minimum atomic E-state index is 0.289. The van der Waals surface area contributed by atoms with E-state index in [0.717, 1.165) is 55.9 Å². The van der Waals surface area contributed by atoms with Crippen molar-refractivity contribution in [3.63, 3.8) is 0 Å². The van der Waals surface area contributed by atoms with Crippen LogP contribution in [0.2, 0.25) is 0 Å². The van der Waals surface area contributed by atoms with Gasteiger partial charge in [-0.1, -0.05) is 56.0 Å². The fraction of sp³-hybridized carbons (Fsp3) is 0.455. The zero-order valence-corrected chi connectivity index (χ0v) is 23.8. The summed E-state index contributed by atoms with van der Waals surface area (Å²) < 4.78 is 1.58. The summed E-state index contributed by atoms with van der Waals surface area (Å²) >= 11 is 0. The topological polar surface area (TPSA) is 107 Å². The highest BCUT2D eigenvalue weighted by atomic mass is 15.4. The van der Waals surface area contributed by atoms with Crippen molar-refractivity contribution in [2.24, 2.45) is 5.92 Å². The third-order valence-corrected chi connectivity index (χ3v) is 9.32. The molecule has 4 aromatic rings. The average Bonchev–Trinajstić information content (AvgIpc) is 3.53. The van der Waals surface area contributed by atoms with Gasteiger partial charge in [-0.15, -0.1) is 15.3 Å². The van der Waals surface area contributed by atoms with Crippen LogP contribution in [0.4, 0.5) is 17.6 Å². The molecule has 0 aliphatic heterocycles. The number of anilines is 3. The third kappa shape index (κ3) is 5.71. The molecule has 3 aliphatic rings. The zero-order valence-electron chi connectivity index (χ0n) is 23.8. The Kier molecular flexibility index (Phi) is 7.40. The van der Waals surface area contributed by atoms with Gasteiger partial charge in [0.15, 0.2) is 5.82 Å². The summed E-state index contributed by atoms with van der Waals surface area (Å²) in [7, 11) is 0. The smallest absolute Gasteiger partial charge is 0.248 e. The number of rotatable bonds is 7. The van der Waals surface area contributed by atoms with Gasteiger partial charge in [-0.05, 0) is 104 Å². The number of nitrogen functional groups attached to an aromatic ring is 1. The van der Waals surface area contributed by atoms with Gasteiger partial charge in [0, 0.05) is 17.3 Å². The second-order valence-corrected chi connectivity index (χ2v) is 12.1. The quantitative estimate of drug-likeness (QED) is 0.245. The van der Waals surface area contributed by atoms with Gasteiger partial charge in [-0.3, -0.25) is 0 Å². The van der Waals surface area contributed by atoms with E-state index in [9.17, 15) is 0 Å². The van der Waals surface area contributed by atoms with E-state index in [2.05, 4.69) is 79.4 Å². The molecule has 7 rings (SSSR count). The van der Waals surface area contributed by atoms with Gasteiger partial charge < -0.3 is 16.4 Å². The average molecular weight is 549 g/mol. The van der Waals surface area contributed by atoms with Crippen LogP contribution in [0.5, 0.6) is 0 Å². The van der Waals surface area contributed by atoms with Crippen molar-refractivity contribution in [1.82, 2.24) is 30.3 Å². The van der Waals surface area contributed by atoms with Crippen molar-refractivity contribution < 1.29 is 0 Å². The molecular weight excluding hydrogens is 508 g/mol. The van der Waals surface area contributed by atoms with Crippen LogP contribution in [0.3, 0.4) is 0 Å². The van der Waals surface area contributed by atoms with Crippen molar-refractivity contribution in [2.45, 2.75) is 83.1 Å². The monoisotopic (exact) mass is 548 g/mol. The highest BCUT2D eigenvalue weighted by molar-refractivity contribution is 5.68. The molecule has 0 bridgehead atoms. The minimum Gasteiger partial charge on any atom is -0.368 e. The summed E-state index contributed by atoms with van der Waals surface area (Å²) in [6.07, 6.45) is 14.7. The number of aryl methyl sites for hydroxylation is 4. The Morgan fingerprint density at radius 2 is 1.63 bits per heavy atom. The molecular formula is C33H40N8. The number of hydrogen-bond donors (Lipinski definition) is 3. The van der Waals surface area contributed by atoms with E-state index in [-0.39, 0.29) is 5.95 Å². The predicted molar refractivity (Wildman–Crippen MR) is 164 cm³/mol. The van der Waals surface area contributed by atoms with Crippen LogP contribution < -0.4 is 16.4 Å². The van der Waals surface area contributed by atoms with Crippen LogP contribution in [-0.4, -0.2) is 37.5 Å². The number of aromatic nitrogens is 5. The maximum atomic E-state index is 6.31. The van der Waals surface area contributed by atoms with Gasteiger partial charge in [0.25, 0.3) is 0 Å². The predicted octanol–water partition coefficient (Wildman–Crippen LogP) is 5.96. The molecule has 0 saturated heterocycles. The van der Waals surface area contributed by atoms with Crippen molar-refractivity contribution in [2.75, 3.05) is 17.6 Å². The number of nitrogens with zero attached hydrogens (tertiary/aromatic N) is 5. The summed E-state index contributed by atoms with van der Waals surface area (Å²) in [6, 6.07) is 17.8. The Hall–Kier alpha value is -3.78. The maximum absolute atomic E-state index is 6.31. The lowest BCUT2D eigenvalue weighted by Crippen LogP contribution is -2.31. The van der Waals surface area contributed by atoms with Crippen molar-refractivity contribution in [3.05, 3.63) is 70.8 Å². The Labute approximate surface area is 242 Å². The molecule has 1 saturated carbocycles. The molecule has 8 heteroatoms. The molecule has 8 nitrogen and oxygen atoms in total. The van der Waals surface area contributed by atoms with E-state index in [1.165, 1.54) is 72.8 Å². The first-order valence-electron chi connectivity index (χ1n) is 15.5. The summed E-state index contributed by atoms with van der Waals surface area (Å²) in [5.41, 5.74) is 14.8. The van der Waals surface area contributed by atoms with Gasteiger partial charge in [-0.25, -0.2) is 0 Å². The lowest BCUT2D eigenvalue weighted by atomic mass is 10.0. The number of nitrogens with two attached hydrogens (primary N) is 1. The van der Waals surface area contributed by atoms with E-state index in [1.807, 2.05) is 0 Å². The van der Waals surface area contributed by atoms with E-state index in [1.54, 1.807) is 4.68 Å². The van der Waals surface area contributed by atoms with Gasteiger partial charge in [0.05, 0.1) is 5.69 Å². The molecule has 0 amide bonds. The van der Waals surface area contributed by atoms with Crippen LogP contribution in [0, 0.1) is 5.92 Å². The molecule has 212 valence electrons. The van der Waals surface area contributed by atoms with Crippen LogP contribution in [0.1, 0.15) is 73.6 Å². The second kappa shape index (κ2) is 11.6. The van der Waals surface area contributed by atoms with E-state index in [0.29, 0.717) is 17.8 Å². The second-order valence-electron chi connectivity index (χ2n) is 12.1. The normalized spacial score (nSPS) is 18.7. The van der Waals surface area contributed by atoms with Crippen LogP contribution in [0.25, 0.3) is 17.1 Å². The van der Waals surface area contributed by atoms with E-state index >= 15 is 0 Å². The minimum absolute atomic E-state index is 0.289. The Balaban J connectivity index is 1.02. The largest absolute Gasteiger partial charge is 0.368 e. The molecule has 0 radical (unpaired) electrons.